The molecule has 0 spiro atoms. The SMILES string of the molecule is COc1ccc(Br)c(CNCC(C)O)c1OCc1c(Cl)cccc1Cl. The smallest absolute Gasteiger partial charge is 0.167 e. The van der Waals surface area contributed by atoms with E-state index in [1.807, 2.05) is 12.1 Å². The van der Waals surface area contributed by atoms with Crippen molar-refractivity contribution in [1.29, 1.82) is 0 Å². The van der Waals surface area contributed by atoms with E-state index in [1.165, 1.54) is 0 Å². The third-order valence-corrected chi connectivity index (χ3v) is 5.00. The van der Waals surface area contributed by atoms with Crippen LogP contribution >= 0.6 is 39.1 Å². The fourth-order valence-corrected chi connectivity index (χ4v) is 3.25. The van der Waals surface area contributed by atoms with Gasteiger partial charge in [-0.15, -0.1) is 0 Å². The number of nitrogens with one attached hydrogen (secondary N) is 1. The number of hydrogen-bond acceptors (Lipinski definition) is 4. The van der Waals surface area contributed by atoms with Crippen molar-refractivity contribution in [1.82, 2.24) is 5.32 Å². The van der Waals surface area contributed by atoms with Crippen LogP contribution in [0.1, 0.15) is 18.1 Å². The van der Waals surface area contributed by atoms with Crippen molar-refractivity contribution in [3.63, 3.8) is 0 Å². The summed E-state index contributed by atoms with van der Waals surface area (Å²) in [5.74, 6) is 1.21. The van der Waals surface area contributed by atoms with Gasteiger partial charge in [0.2, 0.25) is 0 Å². The van der Waals surface area contributed by atoms with Gasteiger partial charge >= 0.3 is 0 Å². The van der Waals surface area contributed by atoms with Gasteiger partial charge in [-0.25, -0.2) is 0 Å². The normalized spacial score (nSPS) is 12.1. The van der Waals surface area contributed by atoms with Crippen LogP contribution < -0.4 is 14.8 Å². The van der Waals surface area contributed by atoms with Crippen LogP contribution in [-0.4, -0.2) is 24.9 Å². The molecule has 2 aromatic rings. The lowest BCUT2D eigenvalue weighted by Gasteiger charge is -2.18. The molecule has 0 aliphatic carbocycles. The van der Waals surface area contributed by atoms with Crippen LogP contribution in [0, 0.1) is 0 Å². The number of methoxy groups -OCH3 is 1. The Bertz CT molecular complexity index is 705. The predicted octanol–water partition coefficient (Wildman–Crippen LogP) is 4.81. The first-order valence-electron chi connectivity index (χ1n) is 7.73. The summed E-state index contributed by atoms with van der Waals surface area (Å²) >= 11 is 16.0. The maximum atomic E-state index is 9.42. The Morgan fingerprint density at radius 1 is 1.16 bits per heavy atom. The van der Waals surface area contributed by atoms with Gasteiger partial charge in [-0.3, -0.25) is 0 Å². The maximum absolute atomic E-state index is 9.42. The Hall–Kier alpha value is -0.980. The van der Waals surface area contributed by atoms with Crippen LogP contribution in [-0.2, 0) is 13.2 Å². The van der Waals surface area contributed by atoms with E-state index in [0.29, 0.717) is 34.6 Å². The summed E-state index contributed by atoms with van der Waals surface area (Å²) < 4.78 is 12.3. The van der Waals surface area contributed by atoms with Crippen molar-refractivity contribution in [3.8, 4) is 11.5 Å². The summed E-state index contributed by atoms with van der Waals surface area (Å²) in [6, 6.07) is 9.06. The first-order chi connectivity index (χ1) is 11.9. The van der Waals surface area contributed by atoms with Gasteiger partial charge in [-0.2, -0.15) is 0 Å². The summed E-state index contributed by atoms with van der Waals surface area (Å²) in [7, 11) is 1.59. The van der Waals surface area contributed by atoms with Crippen molar-refractivity contribution in [3.05, 3.63) is 56.0 Å². The first-order valence-corrected chi connectivity index (χ1v) is 9.28. The van der Waals surface area contributed by atoms with Gasteiger partial charge in [0.1, 0.15) is 6.61 Å². The highest BCUT2D eigenvalue weighted by molar-refractivity contribution is 9.10. The Morgan fingerprint density at radius 2 is 1.84 bits per heavy atom. The number of benzene rings is 2. The maximum Gasteiger partial charge on any atom is 0.167 e. The van der Waals surface area contributed by atoms with Crippen LogP contribution in [0.3, 0.4) is 0 Å². The zero-order chi connectivity index (χ0) is 18.4. The summed E-state index contributed by atoms with van der Waals surface area (Å²) in [5, 5.41) is 13.7. The van der Waals surface area contributed by atoms with Crippen LogP contribution in [0.2, 0.25) is 10.0 Å². The fourth-order valence-electron chi connectivity index (χ4n) is 2.29. The lowest BCUT2D eigenvalue weighted by atomic mass is 10.1. The Kier molecular flexibility index (Phi) is 7.84. The molecule has 1 atom stereocenters. The van der Waals surface area contributed by atoms with E-state index in [1.54, 1.807) is 32.2 Å². The van der Waals surface area contributed by atoms with Gasteiger partial charge in [0.25, 0.3) is 0 Å². The highest BCUT2D eigenvalue weighted by Gasteiger charge is 2.16. The molecule has 1 unspecified atom stereocenters. The Morgan fingerprint density at radius 3 is 2.44 bits per heavy atom. The monoisotopic (exact) mass is 447 g/mol. The predicted molar refractivity (Wildman–Crippen MR) is 105 cm³/mol. The minimum atomic E-state index is -0.435. The molecule has 0 amide bonds. The quantitative estimate of drug-likeness (QED) is 0.608. The van der Waals surface area contributed by atoms with E-state index in [-0.39, 0.29) is 6.61 Å². The summed E-state index contributed by atoms with van der Waals surface area (Å²) in [6.07, 6.45) is -0.435. The zero-order valence-corrected chi connectivity index (χ0v) is 17.1. The van der Waals surface area contributed by atoms with Gasteiger partial charge in [0.15, 0.2) is 11.5 Å². The van der Waals surface area contributed by atoms with Crippen molar-refractivity contribution >= 4 is 39.1 Å². The lowest BCUT2D eigenvalue weighted by molar-refractivity contribution is 0.190. The molecule has 2 rings (SSSR count). The Balaban J connectivity index is 2.26. The molecule has 0 bridgehead atoms. The number of halogens is 3. The van der Waals surface area contributed by atoms with Gasteiger partial charge in [-0.1, -0.05) is 45.2 Å². The molecule has 2 aromatic carbocycles. The van der Waals surface area contributed by atoms with Crippen LogP contribution in [0.15, 0.2) is 34.8 Å². The van der Waals surface area contributed by atoms with Crippen LogP contribution in [0.25, 0.3) is 0 Å². The average Bonchev–Trinajstić information content (AvgIpc) is 2.56. The highest BCUT2D eigenvalue weighted by atomic mass is 79.9. The summed E-state index contributed by atoms with van der Waals surface area (Å²) in [4.78, 5) is 0. The molecule has 0 aliphatic rings. The molecule has 0 aliphatic heterocycles. The second-order valence-electron chi connectivity index (χ2n) is 5.53. The third kappa shape index (κ3) is 5.50. The van der Waals surface area contributed by atoms with E-state index < -0.39 is 6.10 Å². The number of rotatable bonds is 8. The highest BCUT2D eigenvalue weighted by Crippen LogP contribution is 2.37. The average molecular weight is 449 g/mol. The van der Waals surface area contributed by atoms with E-state index in [4.69, 9.17) is 32.7 Å². The largest absolute Gasteiger partial charge is 0.493 e. The van der Waals surface area contributed by atoms with Crippen molar-refractivity contribution in [2.45, 2.75) is 26.2 Å². The lowest BCUT2D eigenvalue weighted by Crippen LogP contribution is -2.24. The molecule has 136 valence electrons. The zero-order valence-electron chi connectivity index (χ0n) is 14.0. The van der Waals surface area contributed by atoms with Gasteiger partial charge < -0.3 is 19.9 Å². The van der Waals surface area contributed by atoms with Crippen molar-refractivity contribution in [2.75, 3.05) is 13.7 Å². The van der Waals surface area contributed by atoms with Gasteiger partial charge in [-0.05, 0) is 31.2 Å². The number of hydrogen-bond donors (Lipinski definition) is 2. The first kappa shape index (κ1) is 20.3. The summed E-state index contributed by atoms with van der Waals surface area (Å²) in [5.41, 5.74) is 1.61. The molecule has 0 saturated heterocycles. The van der Waals surface area contributed by atoms with Crippen LogP contribution in [0.4, 0.5) is 0 Å². The molecule has 0 fully saturated rings. The third-order valence-electron chi connectivity index (χ3n) is 3.55. The molecule has 2 N–H and O–H groups in total. The van der Waals surface area contributed by atoms with Crippen molar-refractivity contribution in [2.24, 2.45) is 0 Å². The van der Waals surface area contributed by atoms with E-state index in [9.17, 15) is 5.11 Å². The molecular weight excluding hydrogens is 429 g/mol. The standard InChI is InChI=1S/C18H20BrCl2NO3/c1-11(23)8-22-9-12-14(19)6-7-17(24-2)18(12)25-10-13-15(20)4-3-5-16(13)21/h3-7,11,22-23H,8-10H2,1-2H3. The molecule has 4 nitrogen and oxygen atoms in total. The van der Waals surface area contributed by atoms with E-state index in [2.05, 4.69) is 21.2 Å². The molecule has 0 saturated carbocycles. The summed E-state index contributed by atoms with van der Waals surface area (Å²) in [6.45, 7) is 2.92. The van der Waals surface area contributed by atoms with Crippen molar-refractivity contribution < 1.29 is 14.6 Å². The molecule has 7 heteroatoms. The minimum absolute atomic E-state index is 0.217. The number of aliphatic hydroxyl groups is 1. The van der Waals surface area contributed by atoms with Gasteiger partial charge in [0.05, 0.1) is 13.2 Å². The van der Waals surface area contributed by atoms with Gasteiger partial charge in [0, 0.05) is 38.7 Å². The topological polar surface area (TPSA) is 50.7 Å². The number of ether oxygens (including phenoxy) is 2. The van der Waals surface area contributed by atoms with E-state index >= 15 is 0 Å². The Labute approximate surface area is 166 Å². The molecular formula is C18H20BrCl2NO3. The second-order valence-corrected chi connectivity index (χ2v) is 7.19. The second kappa shape index (κ2) is 9.64. The van der Waals surface area contributed by atoms with Crippen LogP contribution in [0.5, 0.6) is 11.5 Å². The molecule has 0 aromatic heterocycles. The van der Waals surface area contributed by atoms with E-state index in [0.717, 1.165) is 15.6 Å². The minimum Gasteiger partial charge on any atom is -0.493 e. The fraction of sp³-hybridized carbons (Fsp3) is 0.333. The molecule has 25 heavy (non-hydrogen) atoms. The molecule has 0 heterocycles. The number of aliphatic hydroxyl groups excluding tert-OH is 1. The molecule has 0 radical (unpaired) electrons.